The van der Waals surface area contributed by atoms with Crippen LogP contribution in [-0.2, 0) is 6.54 Å². The fourth-order valence-electron chi connectivity index (χ4n) is 1.78. The summed E-state index contributed by atoms with van der Waals surface area (Å²) in [4.78, 5) is 11.9. The van der Waals surface area contributed by atoms with Crippen molar-refractivity contribution in [3.05, 3.63) is 71.0 Å². The first-order chi connectivity index (χ1) is 10.2. The van der Waals surface area contributed by atoms with E-state index in [0.717, 1.165) is 5.56 Å². The van der Waals surface area contributed by atoms with Crippen molar-refractivity contribution in [2.45, 2.75) is 6.54 Å². The lowest BCUT2D eigenvalue weighted by atomic mass is 10.1. The number of rotatable bonds is 3. The summed E-state index contributed by atoms with van der Waals surface area (Å²) in [5, 5.41) is 11.3. The Bertz CT molecular complexity index is 684. The number of hydrogen-bond acceptors (Lipinski definition) is 2. The second kappa shape index (κ2) is 7.22. The van der Waals surface area contributed by atoms with Crippen molar-refractivity contribution < 1.29 is 14.3 Å². The molecule has 0 saturated carbocycles. The van der Waals surface area contributed by atoms with Gasteiger partial charge < -0.3 is 10.4 Å². The number of benzene rings is 2. The molecule has 106 valence electrons. The van der Waals surface area contributed by atoms with Gasteiger partial charge in [-0.05, 0) is 42.0 Å². The van der Waals surface area contributed by atoms with E-state index in [-0.39, 0.29) is 24.9 Å². The third-order valence-corrected chi connectivity index (χ3v) is 2.80. The van der Waals surface area contributed by atoms with Crippen LogP contribution in [0.5, 0.6) is 0 Å². The molecule has 2 rings (SSSR count). The molecule has 0 heterocycles. The molecule has 0 saturated heterocycles. The van der Waals surface area contributed by atoms with Crippen LogP contribution in [0.3, 0.4) is 0 Å². The zero-order chi connectivity index (χ0) is 15.1. The maximum atomic E-state index is 13.0. The SMILES string of the molecule is O=C(NCc1cccc(F)c1)c1ccc(C#CCO)cc1. The maximum absolute atomic E-state index is 13.0. The number of hydrogen-bond donors (Lipinski definition) is 2. The normalized spacial score (nSPS) is 9.62. The largest absolute Gasteiger partial charge is 0.384 e. The monoisotopic (exact) mass is 283 g/mol. The van der Waals surface area contributed by atoms with Crippen molar-refractivity contribution in [2.24, 2.45) is 0 Å². The molecule has 2 aromatic carbocycles. The number of carbonyl (C=O) groups is 1. The Morgan fingerprint density at radius 2 is 1.95 bits per heavy atom. The molecule has 0 unspecified atom stereocenters. The van der Waals surface area contributed by atoms with Crippen LogP contribution in [0.15, 0.2) is 48.5 Å². The Morgan fingerprint density at radius 1 is 1.19 bits per heavy atom. The van der Waals surface area contributed by atoms with Gasteiger partial charge >= 0.3 is 0 Å². The minimum Gasteiger partial charge on any atom is -0.384 e. The first-order valence-corrected chi connectivity index (χ1v) is 6.41. The van der Waals surface area contributed by atoms with Crippen LogP contribution in [0.1, 0.15) is 21.5 Å². The highest BCUT2D eigenvalue weighted by molar-refractivity contribution is 5.94. The molecule has 0 radical (unpaired) electrons. The van der Waals surface area contributed by atoms with Crippen LogP contribution < -0.4 is 5.32 Å². The van der Waals surface area contributed by atoms with Crippen LogP contribution in [0.2, 0.25) is 0 Å². The summed E-state index contributed by atoms with van der Waals surface area (Å²) in [6.07, 6.45) is 0. The molecular formula is C17H14FNO2. The van der Waals surface area contributed by atoms with Crippen LogP contribution in [0.25, 0.3) is 0 Å². The van der Waals surface area contributed by atoms with Crippen LogP contribution >= 0.6 is 0 Å². The van der Waals surface area contributed by atoms with E-state index < -0.39 is 0 Å². The average molecular weight is 283 g/mol. The highest BCUT2D eigenvalue weighted by Gasteiger charge is 2.05. The van der Waals surface area contributed by atoms with Gasteiger partial charge in [0.1, 0.15) is 12.4 Å². The molecule has 0 fully saturated rings. The third kappa shape index (κ3) is 4.44. The highest BCUT2D eigenvalue weighted by Crippen LogP contribution is 2.06. The molecule has 0 aliphatic rings. The molecule has 1 amide bonds. The van der Waals surface area contributed by atoms with E-state index in [1.54, 1.807) is 36.4 Å². The summed E-state index contributed by atoms with van der Waals surface area (Å²) in [6.45, 7) is 0.0680. The van der Waals surface area contributed by atoms with Gasteiger partial charge in [-0.25, -0.2) is 4.39 Å². The molecule has 2 N–H and O–H groups in total. The topological polar surface area (TPSA) is 49.3 Å². The molecule has 3 nitrogen and oxygen atoms in total. The average Bonchev–Trinajstić information content (AvgIpc) is 2.51. The molecule has 21 heavy (non-hydrogen) atoms. The van der Waals surface area contributed by atoms with Crippen LogP contribution in [0.4, 0.5) is 4.39 Å². The van der Waals surface area contributed by atoms with E-state index in [2.05, 4.69) is 17.2 Å². The van der Waals surface area contributed by atoms with Gasteiger partial charge in [0, 0.05) is 17.7 Å². The van der Waals surface area contributed by atoms with Crippen molar-refractivity contribution >= 4 is 5.91 Å². The Kier molecular flexibility index (Phi) is 5.08. The van der Waals surface area contributed by atoms with Gasteiger partial charge in [-0.3, -0.25) is 4.79 Å². The summed E-state index contributed by atoms with van der Waals surface area (Å²) >= 11 is 0. The van der Waals surface area contributed by atoms with Crippen molar-refractivity contribution in [1.29, 1.82) is 0 Å². The molecule has 4 heteroatoms. The quantitative estimate of drug-likeness (QED) is 0.848. The smallest absolute Gasteiger partial charge is 0.251 e. The standard InChI is InChI=1S/C17H14FNO2/c18-16-5-1-3-14(11-16)12-19-17(21)15-8-6-13(7-9-15)4-2-10-20/h1,3,5-9,11,20H,10,12H2,(H,19,21). The summed E-state index contributed by atoms with van der Waals surface area (Å²) in [5.41, 5.74) is 1.93. The van der Waals surface area contributed by atoms with Gasteiger partial charge in [0.05, 0.1) is 0 Å². The second-order valence-electron chi connectivity index (χ2n) is 4.35. The maximum Gasteiger partial charge on any atom is 0.251 e. The number of amides is 1. The van der Waals surface area contributed by atoms with E-state index in [1.807, 2.05) is 0 Å². The Morgan fingerprint density at radius 3 is 2.62 bits per heavy atom. The van der Waals surface area contributed by atoms with Gasteiger partial charge in [0.25, 0.3) is 5.91 Å². The Hall–Kier alpha value is -2.64. The molecule has 0 aromatic heterocycles. The van der Waals surface area contributed by atoms with Crippen molar-refractivity contribution in [2.75, 3.05) is 6.61 Å². The molecule has 0 bridgehead atoms. The molecule has 2 aromatic rings. The second-order valence-corrected chi connectivity index (χ2v) is 4.35. The predicted molar refractivity (Wildman–Crippen MR) is 78.0 cm³/mol. The fraction of sp³-hybridized carbons (Fsp3) is 0.118. The van der Waals surface area contributed by atoms with E-state index in [0.29, 0.717) is 11.1 Å². The van der Waals surface area contributed by atoms with Crippen LogP contribution in [-0.4, -0.2) is 17.6 Å². The highest BCUT2D eigenvalue weighted by atomic mass is 19.1. The van der Waals surface area contributed by atoms with Gasteiger partial charge in [0.2, 0.25) is 0 Å². The predicted octanol–water partition coefficient (Wildman–Crippen LogP) is 2.10. The molecule has 0 spiro atoms. The first kappa shape index (κ1) is 14.8. The minimum absolute atomic E-state index is 0.199. The number of halogens is 1. The zero-order valence-electron chi connectivity index (χ0n) is 11.3. The van der Waals surface area contributed by atoms with Crippen molar-refractivity contribution in [1.82, 2.24) is 5.32 Å². The molecule has 0 atom stereocenters. The Balaban J connectivity index is 1.97. The summed E-state index contributed by atoms with van der Waals surface area (Å²) < 4.78 is 13.0. The van der Waals surface area contributed by atoms with E-state index >= 15 is 0 Å². The summed E-state index contributed by atoms with van der Waals surface area (Å²) in [7, 11) is 0. The van der Waals surface area contributed by atoms with Crippen LogP contribution in [0, 0.1) is 17.7 Å². The first-order valence-electron chi connectivity index (χ1n) is 6.41. The van der Waals surface area contributed by atoms with Gasteiger partial charge in [0.15, 0.2) is 0 Å². The molecule has 0 aliphatic carbocycles. The number of carbonyl (C=O) groups excluding carboxylic acids is 1. The molecular weight excluding hydrogens is 269 g/mol. The lowest BCUT2D eigenvalue weighted by Crippen LogP contribution is -2.22. The summed E-state index contributed by atoms with van der Waals surface area (Å²) in [6, 6.07) is 12.8. The fourth-order valence-corrected chi connectivity index (χ4v) is 1.78. The lowest BCUT2D eigenvalue weighted by molar-refractivity contribution is 0.0951. The zero-order valence-corrected chi connectivity index (χ0v) is 11.3. The Labute approximate surface area is 122 Å². The number of nitrogens with one attached hydrogen (secondary N) is 1. The van der Waals surface area contributed by atoms with E-state index in [4.69, 9.17) is 5.11 Å². The van der Waals surface area contributed by atoms with Gasteiger partial charge in [-0.15, -0.1) is 0 Å². The number of aliphatic hydroxyl groups is 1. The minimum atomic E-state index is -0.325. The van der Waals surface area contributed by atoms with Crippen molar-refractivity contribution in [3.63, 3.8) is 0 Å². The van der Waals surface area contributed by atoms with E-state index in [9.17, 15) is 9.18 Å². The lowest BCUT2D eigenvalue weighted by Gasteiger charge is -2.05. The van der Waals surface area contributed by atoms with Gasteiger partial charge in [-0.1, -0.05) is 24.0 Å². The van der Waals surface area contributed by atoms with E-state index in [1.165, 1.54) is 12.1 Å². The number of aliphatic hydroxyl groups excluding tert-OH is 1. The summed E-state index contributed by atoms with van der Waals surface area (Å²) in [5.74, 6) is 4.73. The third-order valence-electron chi connectivity index (χ3n) is 2.80. The van der Waals surface area contributed by atoms with Crippen molar-refractivity contribution in [3.8, 4) is 11.8 Å². The van der Waals surface area contributed by atoms with Gasteiger partial charge in [-0.2, -0.15) is 0 Å². The molecule has 0 aliphatic heterocycles.